The zero-order valence-corrected chi connectivity index (χ0v) is 11.2. The van der Waals surface area contributed by atoms with Crippen LogP contribution in [0, 0.1) is 5.92 Å². The molecular weight excluding hydrogens is 236 g/mol. The van der Waals surface area contributed by atoms with E-state index < -0.39 is 0 Å². The Morgan fingerprint density at radius 2 is 2.29 bits per heavy atom. The predicted molar refractivity (Wildman–Crippen MR) is 71.6 cm³/mol. The van der Waals surface area contributed by atoms with Gasteiger partial charge in [0, 0.05) is 19.2 Å². The highest BCUT2D eigenvalue weighted by atomic mass is 32.1. The van der Waals surface area contributed by atoms with E-state index in [4.69, 9.17) is 23.1 Å². The lowest BCUT2D eigenvalue weighted by atomic mass is 9.96. The standard InChI is InChI=1S/C12H22N2O2S/c1-2-10(11(13)17)12(16)14-7-4-3-5-9(14)6-8-15/h9-10,15H,2-8H2,1H3,(H2,13,17). The molecule has 17 heavy (non-hydrogen) atoms. The van der Waals surface area contributed by atoms with E-state index in [1.807, 2.05) is 11.8 Å². The predicted octanol–water partition coefficient (Wildman–Crippen LogP) is 1.06. The molecule has 1 aliphatic rings. The maximum Gasteiger partial charge on any atom is 0.232 e. The summed E-state index contributed by atoms with van der Waals surface area (Å²) in [5, 5.41) is 9.03. The molecule has 5 heteroatoms. The van der Waals surface area contributed by atoms with E-state index in [0.717, 1.165) is 25.8 Å². The van der Waals surface area contributed by atoms with Gasteiger partial charge in [-0.1, -0.05) is 19.1 Å². The Morgan fingerprint density at radius 1 is 1.59 bits per heavy atom. The van der Waals surface area contributed by atoms with Gasteiger partial charge in [-0.05, 0) is 32.1 Å². The van der Waals surface area contributed by atoms with Crippen molar-refractivity contribution in [2.45, 2.75) is 45.1 Å². The van der Waals surface area contributed by atoms with Gasteiger partial charge in [-0.2, -0.15) is 0 Å². The van der Waals surface area contributed by atoms with Crippen molar-refractivity contribution in [2.24, 2.45) is 11.7 Å². The highest BCUT2D eigenvalue weighted by Crippen LogP contribution is 2.22. The molecule has 1 rings (SSSR count). The number of thiocarbonyl (C=S) groups is 1. The summed E-state index contributed by atoms with van der Waals surface area (Å²) < 4.78 is 0. The minimum absolute atomic E-state index is 0.0400. The molecule has 1 saturated heterocycles. The number of nitrogens with two attached hydrogens (primary N) is 1. The van der Waals surface area contributed by atoms with Gasteiger partial charge in [0.25, 0.3) is 0 Å². The molecule has 0 bridgehead atoms. The van der Waals surface area contributed by atoms with Crippen LogP contribution in [0.4, 0.5) is 0 Å². The summed E-state index contributed by atoms with van der Waals surface area (Å²) in [7, 11) is 0. The number of carbonyl (C=O) groups excluding carboxylic acids is 1. The van der Waals surface area contributed by atoms with Gasteiger partial charge in [0.05, 0.1) is 10.9 Å². The monoisotopic (exact) mass is 258 g/mol. The third kappa shape index (κ3) is 3.64. The first-order valence-corrected chi connectivity index (χ1v) is 6.73. The van der Waals surface area contributed by atoms with Crippen LogP contribution in [0.15, 0.2) is 0 Å². The second-order valence-electron chi connectivity index (χ2n) is 4.56. The highest BCUT2D eigenvalue weighted by molar-refractivity contribution is 7.80. The normalized spacial score (nSPS) is 22.2. The molecule has 1 aliphatic heterocycles. The Labute approximate surface area is 108 Å². The summed E-state index contributed by atoms with van der Waals surface area (Å²) in [6, 6.07) is 0.157. The van der Waals surface area contributed by atoms with Crippen LogP contribution in [-0.2, 0) is 4.79 Å². The Hall–Kier alpha value is -0.680. The van der Waals surface area contributed by atoms with Gasteiger partial charge in [-0.25, -0.2) is 0 Å². The van der Waals surface area contributed by atoms with Gasteiger partial charge < -0.3 is 15.7 Å². The molecule has 3 N–H and O–H groups in total. The van der Waals surface area contributed by atoms with Crippen LogP contribution >= 0.6 is 12.2 Å². The smallest absolute Gasteiger partial charge is 0.232 e. The number of likely N-dealkylation sites (tertiary alicyclic amines) is 1. The maximum absolute atomic E-state index is 12.3. The zero-order valence-electron chi connectivity index (χ0n) is 10.4. The van der Waals surface area contributed by atoms with Crippen LogP contribution in [0.3, 0.4) is 0 Å². The van der Waals surface area contributed by atoms with E-state index >= 15 is 0 Å². The topological polar surface area (TPSA) is 66.6 Å². The number of aliphatic hydroxyl groups is 1. The van der Waals surface area contributed by atoms with E-state index in [1.165, 1.54) is 0 Å². The molecule has 0 aromatic heterocycles. The molecule has 0 spiro atoms. The fraction of sp³-hybridized carbons (Fsp3) is 0.833. The van der Waals surface area contributed by atoms with Crippen molar-refractivity contribution >= 4 is 23.1 Å². The molecule has 0 aromatic carbocycles. The minimum atomic E-state index is -0.343. The Balaban J connectivity index is 2.72. The summed E-state index contributed by atoms with van der Waals surface area (Å²) in [5.41, 5.74) is 5.61. The number of hydrogen-bond donors (Lipinski definition) is 2. The molecule has 2 unspecified atom stereocenters. The van der Waals surface area contributed by atoms with Crippen molar-refractivity contribution in [1.29, 1.82) is 0 Å². The SMILES string of the molecule is CCC(C(=O)N1CCCCC1CCO)C(N)=S. The summed E-state index contributed by atoms with van der Waals surface area (Å²) in [6.07, 6.45) is 4.43. The van der Waals surface area contributed by atoms with Gasteiger partial charge in [-0.3, -0.25) is 4.79 Å². The fourth-order valence-corrected chi connectivity index (χ4v) is 2.71. The van der Waals surface area contributed by atoms with Crippen molar-refractivity contribution in [3.63, 3.8) is 0 Å². The van der Waals surface area contributed by atoms with Crippen LogP contribution in [-0.4, -0.2) is 40.1 Å². The molecule has 2 atom stereocenters. The second-order valence-corrected chi connectivity index (χ2v) is 5.03. The molecule has 0 aromatic rings. The summed E-state index contributed by atoms with van der Waals surface area (Å²) in [5.74, 6) is -0.303. The number of rotatable bonds is 5. The second kappa shape index (κ2) is 6.91. The lowest BCUT2D eigenvalue weighted by Crippen LogP contribution is -2.49. The van der Waals surface area contributed by atoms with Crippen LogP contribution in [0.25, 0.3) is 0 Å². The van der Waals surface area contributed by atoms with Gasteiger partial charge in [0.15, 0.2) is 0 Å². The van der Waals surface area contributed by atoms with E-state index in [9.17, 15) is 4.79 Å². The number of nitrogens with zero attached hydrogens (tertiary/aromatic N) is 1. The number of carbonyl (C=O) groups is 1. The van der Waals surface area contributed by atoms with Gasteiger partial charge in [0.2, 0.25) is 5.91 Å². The number of amides is 1. The Bertz CT molecular complexity index is 282. The van der Waals surface area contributed by atoms with Crippen molar-refractivity contribution in [2.75, 3.05) is 13.2 Å². The van der Waals surface area contributed by atoms with E-state index in [1.54, 1.807) is 0 Å². The summed E-state index contributed by atoms with van der Waals surface area (Å²) in [6.45, 7) is 2.81. The minimum Gasteiger partial charge on any atom is -0.396 e. The molecule has 4 nitrogen and oxygen atoms in total. The van der Waals surface area contributed by atoms with Crippen molar-refractivity contribution < 1.29 is 9.90 Å². The number of aliphatic hydroxyl groups excluding tert-OH is 1. The largest absolute Gasteiger partial charge is 0.396 e. The average molecular weight is 258 g/mol. The number of hydrogen-bond acceptors (Lipinski definition) is 3. The Kier molecular flexibility index (Phi) is 5.85. The number of piperidine rings is 1. The molecule has 0 saturated carbocycles. The first kappa shape index (κ1) is 14.4. The third-order valence-electron chi connectivity index (χ3n) is 3.42. The molecule has 0 radical (unpaired) electrons. The molecule has 1 amide bonds. The third-order valence-corrected chi connectivity index (χ3v) is 3.71. The molecule has 1 heterocycles. The van der Waals surface area contributed by atoms with Crippen LogP contribution in [0.1, 0.15) is 39.0 Å². The summed E-state index contributed by atoms with van der Waals surface area (Å²) >= 11 is 4.95. The fourth-order valence-electron chi connectivity index (χ4n) is 2.44. The summed E-state index contributed by atoms with van der Waals surface area (Å²) in [4.78, 5) is 14.5. The lowest BCUT2D eigenvalue weighted by Gasteiger charge is -2.37. The van der Waals surface area contributed by atoms with Crippen LogP contribution in [0.5, 0.6) is 0 Å². The first-order valence-electron chi connectivity index (χ1n) is 6.32. The lowest BCUT2D eigenvalue weighted by molar-refractivity contribution is -0.137. The van der Waals surface area contributed by atoms with Crippen molar-refractivity contribution in [1.82, 2.24) is 4.90 Å². The van der Waals surface area contributed by atoms with Crippen LogP contribution < -0.4 is 5.73 Å². The van der Waals surface area contributed by atoms with Gasteiger partial charge in [0.1, 0.15) is 0 Å². The van der Waals surface area contributed by atoms with Gasteiger partial charge >= 0.3 is 0 Å². The van der Waals surface area contributed by atoms with E-state index in [0.29, 0.717) is 12.8 Å². The molecule has 1 fully saturated rings. The quantitative estimate of drug-likeness (QED) is 0.724. The molecule has 0 aliphatic carbocycles. The molecular formula is C12H22N2O2S. The van der Waals surface area contributed by atoms with E-state index in [-0.39, 0.29) is 29.5 Å². The molecule has 98 valence electrons. The Morgan fingerprint density at radius 3 is 2.82 bits per heavy atom. The van der Waals surface area contributed by atoms with Crippen LogP contribution in [0.2, 0.25) is 0 Å². The van der Waals surface area contributed by atoms with Crippen molar-refractivity contribution in [3.8, 4) is 0 Å². The van der Waals surface area contributed by atoms with Gasteiger partial charge in [-0.15, -0.1) is 0 Å². The average Bonchev–Trinajstić information content (AvgIpc) is 2.30. The first-order chi connectivity index (χ1) is 8.11. The highest BCUT2D eigenvalue weighted by Gasteiger charge is 2.31. The van der Waals surface area contributed by atoms with E-state index in [2.05, 4.69) is 0 Å². The maximum atomic E-state index is 12.3. The van der Waals surface area contributed by atoms with Crippen molar-refractivity contribution in [3.05, 3.63) is 0 Å². The zero-order chi connectivity index (χ0) is 12.8.